The van der Waals surface area contributed by atoms with Crippen molar-refractivity contribution in [2.24, 2.45) is 5.10 Å². The molecule has 0 unspecified atom stereocenters. The summed E-state index contributed by atoms with van der Waals surface area (Å²) in [6, 6.07) is 10.8. The number of methoxy groups -OCH3 is 1. The molecule has 130 valence electrons. The number of thiocarbonyl (C=S) groups is 1. The van der Waals surface area contributed by atoms with Crippen LogP contribution in [0.15, 0.2) is 52.2 Å². The first kappa shape index (κ1) is 19.4. The largest absolute Gasteiger partial charge is 0.497 e. The average molecular weight is 439 g/mol. The van der Waals surface area contributed by atoms with Crippen molar-refractivity contribution in [1.29, 1.82) is 0 Å². The monoisotopic (exact) mass is 438 g/mol. The van der Waals surface area contributed by atoms with E-state index in [0.29, 0.717) is 15.7 Å². The molecule has 25 heavy (non-hydrogen) atoms. The standard InChI is InChI=1S/C16H15BrN4O2S2/c1-23-14-6-4-12(5-7-14)20-15(22)10-25-16(24)21-19-9-13-3-2-11(17)8-18-13/h2-9H,10H2,1H3,(H,20,22)(H,21,24)/b19-9+. The molecule has 0 aliphatic heterocycles. The summed E-state index contributed by atoms with van der Waals surface area (Å²) in [5.74, 6) is 0.762. The first-order chi connectivity index (χ1) is 12.1. The zero-order valence-corrected chi connectivity index (χ0v) is 16.5. The van der Waals surface area contributed by atoms with Crippen molar-refractivity contribution in [3.63, 3.8) is 0 Å². The molecule has 0 radical (unpaired) electrons. The molecule has 0 aliphatic rings. The van der Waals surface area contributed by atoms with E-state index in [0.717, 1.165) is 10.2 Å². The predicted molar refractivity (Wildman–Crippen MR) is 109 cm³/mol. The maximum atomic E-state index is 11.9. The number of benzene rings is 1. The molecule has 2 rings (SSSR count). The number of halogens is 1. The second kappa shape index (κ2) is 10.1. The normalized spacial score (nSPS) is 10.5. The molecule has 1 aromatic heterocycles. The summed E-state index contributed by atoms with van der Waals surface area (Å²) in [7, 11) is 1.59. The minimum atomic E-state index is -0.155. The second-order valence-corrected chi connectivity index (χ2v) is 7.19. The summed E-state index contributed by atoms with van der Waals surface area (Å²) >= 11 is 9.62. The Balaban J connectivity index is 1.71. The summed E-state index contributed by atoms with van der Waals surface area (Å²) < 4.78 is 6.36. The van der Waals surface area contributed by atoms with Gasteiger partial charge in [-0.1, -0.05) is 24.0 Å². The Morgan fingerprint density at radius 1 is 1.36 bits per heavy atom. The molecule has 0 bridgehead atoms. The lowest BCUT2D eigenvalue weighted by Gasteiger charge is -2.06. The summed E-state index contributed by atoms with van der Waals surface area (Å²) in [5.41, 5.74) is 4.09. The molecule has 0 saturated carbocycles. The van der Waals surface area contributed by atoms with E-state index in [9.17, 15) is 4.79 Å². The number of carbonyl (C=O) groups excluding carboxylic acids is 1. The van der Waals surface area contributed by atoms with Crippen LogP contribution in [0.1, 0.15) is 5.69 Å². The molecule has 1 amide bonds. The Bertz CT molecular complexity index is 752. The highest BCUT2D eigenvalue weighted by atomic mass is 79.9. The molecule has 1 heterocycles. The van der Waals surface area contributed by atoms with Gasteiger partial charge in [0, 0.05) is 16.4 Å². The van der Waals surface area contributed by atoms with Crippen LogP contribution < -0.4 is 15.5 Å². The van der Waals surface area contributed by atoms with E-state index in [4.69, 9.17) is 17.0 Å². The van der Waals surface area contributed by atoms with Crippen molar-refractivity contribution in [2.45, 2.75) is 0 Å². The first-order valence-electron chi connectivity index (χ1n) is 7.08. The van der Waals surface area contributed by atoms with Crippen molar-refractivity contribution in [3.8, 4) is 5.75 Å². The third kappa shape index (κ3) is 7.20. The molecule has 9 heteroatoms. The molecule has 0 fully saturated rings. The van der Waals surface area contributed by atoms with E-state index in [1.807, 2.05) is 12.1 Å². The Kier molecular flexibility index (Phi) is 7.83. The second-order valence-electron chi connectivity index (χ2n) is 4.62. The van der Waals surface area contributed by atoms with Gasteiger partial charge in [0.1, 0.15) is 5.75 Å². The van der Waals surface area contributed by atoms with Crippen molar-refractivity contribution in [2.75, 3.05) is 18.2 Å². The molecule has 0 spiro atoms. The lowest BCUT2D eigenvalue weighted by molar-refractivity contribution is -0.113. The fourth-order valence-electron chi connectivity index (χ4n) is 1.65. The Hall–Kier alpha value is -1.97. The summed E-state index contributed by atoms with van der Waals surface area (Å²) in [6.07, 6.45) is 3.23. The summed E-state index contributed by atoms with van der Waals surface area (Å²) in [5, 5.41) is 6.77. The van der Waals surface area contributed by atoms with Crippen molar-refractivity contribution in [3.05, 3.63) is 52.8 Å². The molecule has 0 aliphatic carbocycles. The number of nitrogens with zero attached hydrogens (tertiary/aromatic N) is 2. The van der Waals surface area contributed by atoms with Crippen LogP contribution in [0.2, 0.25) is 0 Å². The van der Waals surface area contributed by atoms with Gasteiger partial charge in [-0.25, -0.2) is 0 Å². The number of rotatable bonds is 6. The number of hydrogen-bond donors (Lipinski definition) is 2. The minimum Gasteiger partial charge on any atom is -0.497 e. The number of hydrogen-bond acceptors (Lipinski definition) is 6. The van der Waals surface area contributed by atoms with Gasteiger partial charge < -0.3 is 10.1 Å². The molecule has 2 aromatic rings. The highest BCUT2D eigenvalue weighted by Gasteiger charge is 2.05. The molecule has 6 nitrogen and oxygen atoms in total. The lowest BCUT2D eigenvalue weighted by Crippen LogP contribution is -2.18. The lowest BCUT2D eigenvalue weighted by atomic mass is 10.3. The van der Waals surface area contributed by atoms with Crippen molar-refractivity contribution >= 4 is 62.0 Å². The smallest absolute Gasteiger partial charge is 0.234 e. The van der Waals surface area contributed by atoms with E-state index in [1.54, 1.807) is 43.8 Å². The third-order valence-electron chi connectivity index (χ3n) is 2.81. The topological polar surface area (TPSA) is 75.6 Å². The van der Waals surface area contributed by atoms with Gasteiger partial charge in [0.05, 0.1) is 24.8 Å². The number of amides is 1. The van der Waals surface area contributed by atoms with Gasteiger partial charge in [-0.15, -0.1) is 0 Å². The van der Waals surface area contributed by atoms with Crippen LogP contribution in [0.25, 0.3) is 0 Å². The summed E-state index contributed by atoms with van der Waals surface area (Å²) in [4.78, 5) is 16.0. The fraction of sp³-hybridized carbons (Fsp3) is 0.125. The first-order valence-corrected chi connectivity index (χ1v) is 9.27. The van der Waals surface area contributed by atoms with Gasteiger partial charge in [0.25, 0.3) is 0 Å². The maximum absolute atomic E-state index is 11.9. The number of thioether (sulfide) groups is 1. The van der Waals surface area contributed by atoms with Gasteiger partial charge in [0.15, 0.2) is 4.32 Å². The number of carbonyl (C=O) groups is 1. The molecular weight excluding hydrogens is 424 g/mol. The van der Waals surface area contributed by atoms with Crippen LogP contribution in [0.3, 0.4) is 0 Å². The van der Waals surface area contributed by atoms with Crippen molar-refractivity contribution < 1.29 is 9.53 Å². The van der Waals surface area contributed by atoms with Gasteiger partial charge in [-0.2, -0.15) is 5.10 Å². The van der Waals surface area contributed by atoms with Crippen LogP contribution in [-0.2, 0) is 4.79 Å². The van der Waals surface area contributed by atoms with Crippen LogP contribution >= 0.6 is 39.9 Å². The Morgan fingerprint density at radius 3 is 2.76 bits per heavy atom. The van der Waals surface area contributed by atoms with E-state index < -0.39 is 0 Å². The zero-order valence-electron chi connectivity index (χ0n) is 13.2. The number of anilines is 1. The highest BCUT2D eigenvalue weighted by molar-refractivity contribution is 9.10. The number of pyridine rings is 1. The quantitative estimate of drug-likeness (QED) is 0.408. The number of ether oxygens (including phenoxy) is 1. The molecular formula is C16H15BrN4O2S2. The number of aromatic nitrogens is 1. The van der Waals surface area contributed by atoms with Crippen molar-refractivity contribution in [1.82, 2.24) is 10.4 Å². The molecule has 0 saturated heterocycles. The number of nitrogens with one attached hydrogen (secondary N) is 2. The summed E-state index contributed by atoms with van der Waals surface area (Å²) in [6.45, 7) is 0. The minimum absolute atomic E-state index is 0.155. The molecule has 1 aromatic carbocycles. The van der Waals surface area contributed by atoms with Gasteiger partial charge >= 0.3 is 0 Å². The SMILES string of the molecule is COc1ccc(NC(=O)CSC(=S)N/N=C/c2ccc(Br)cn2)cc1. The van der Waals surface area contributed by atoms with Gasteiger partial charge in [0.2, 0.25) is 5.91 Å². The van der Waals surface area contributed by atoms with E-state index >= 15 is 0 Å². The van der Waals surface area contributed by atoms with E-state index in [-0.39, 0.29) is 11.7 Å². The van der Waals surface area contributed by atoms with Gasteiger partial charge in [-0.3, -0.25) is 15.2 Å². The highest BCUT2D eigenvalue weighted by Crippen LogP contribution is 2.15. The maximum Gasteiger partial charge on any atom is 0.234 e. The predicted octanol–water partition coefficient (Wildman–Crippen LogP) is 3.43. The average Bonchev–Trinajstić information content (AvgIpc) is 2.62. The fourth-order valence-corrected chi connectivity index (χ4v) is 2.57. The Morgan fingerprint density at radius 2 is 2.12 bits per heavy atom. The number of hydrazone groups is 1. The third-order valence-corrected chi connectivity index (χ3v) is 4.48. The Labute approximate surface area is 163 Å². The van der Waals surface area contributed by atoms with E-state index in [2.05, 4.69) is 36.8 Å². The van der Waals surface area contributed by atoms with E-state index in [1.165, 1.54) is 11.8 Å². The molecule has 2 N–H and O–H groups in total. The van der Waals surface area contributed by atoms with Crippen LogP contribution in [0.5, 0.6) is 5.75 Å². The van der Waals surface area contributed by atoms with Crippen LogP contribution in [-0.4, -0.2) is 34.3 Å². The van der Waals surface area contributed by atoms with Gasteiger partial charge in [-0.05, 0) is 52.3 Å². The van der Waals surface area contributed by atoms with Crippen LogP contribution in [0.4, 0.5) is 5.69 Å². The zero-order chi connectivity index (χ0) is 18.1. The molecule has 0 atom stereocenters. The van der Waals surface area contributed by atoms with Crippen LogP contribution in [0, 0.1) is 0 Å².